The molecule has 2 heterocycles. The number of rotatable bonds is 4. The lowest BCUT2D eigenvalue weighted by Gasteiger charge is -1.99. The monoisotopic (exact) mass is 246 g/mol. The van der Waals surface area contributed by atoms with Crippen LogP contribution in [0.4, 0.5) is 0 Å². The molecule has 4 heteroatoms. The maximum absolute atomic E-state index is 8.63. The lowest BCUT2D eigenvalue weighted by Crippen LogP contribution is -2.10. The molecule has 2 aromatic rings. The first-order valence-corrected chi connectivity index (χ1v) is 6.26. The second kappa shape index (κ2) is 5.17. The predicted molar refractivity (Wildman–Crippen MR) is 67.8 cm³/mol. The van der Waals surface area contributed by atoms with Crippen molar-refractivity contribution in [1.82, 2.24) is 5.32 Å². The van der Waals surface area contributed by atoms with Crippen molar-refractivity contribution < 1.29 is 4.42 Å². The molecule has 0 saturated carbocycles. The van der Waals surface area contributed by atoms with E-state index in [4.69, 9.17) is 9.68 Å². The fourth-order valence-electron chi connectivity index (χ4n) is 1.58. The molecule has 0 aliphatic carbocycles. The minimum atomic E-state index is 0.365. The first-order chi connectivity index (χ1) is 8.19. The SMILES string of the molecule is Cc1cc(CNCc2ccc(C#N)o2)sc1C. The summed E-state index contributed by atoms with van der Waals surface area (Å²) in [6, 6.07) is 7.70. The number of nitrogens with one attached hydrogen (secondary N) is 1. The maximum Gasteiger partial charge on any atom is 0.203 e. The van der Waals surface area contributed by atoms with Crippen LogP contribution in [0, 0.1) is 25.2 Å². The van der Waals surface area contributed by atoms with Crippen molar-refractivity contribution in [2.24, 2.45) is 0 Å². The standard InChI is InChI=1S/C13H14N2OS/c1-9-5-13(17-10(9)2)8-15-7-12-4-3-11(6-14)16-12/h3-5,15H,7-8H2,1-2H3. The Bertz CT molecular complexity index is 529. The van der Waals surface area contributed by atoms with E-state index >= 15 is 0 Å². The number of hydrogen-bond acceptors (Lipinski definition) is 4. The van der Waals surface area contributed by atoms with Gasteiger partial charge in [-0.25, -0.2) is 0 Å². The molecule has 0 aliphatic rings. The lowest BCUT2D eigenvalue weighted by molar-refractivity contribution is 0.474. The summed E-state index contributed by atoms with van der Waals surface area (Å²) in [5.74, 6) is 1.16. The first-order valence-electron chi connectivity index (χ1n) is 5.44. The highest BCUT2D eigenvalue weighted by molar-refractivity contribution is 7.12. The quantitative estimate of drug-likeness (QED) is 0.901. The fraction of sp³-hybridized carbons (Fsp3) is 0.308. The van der Waals surface area contributed by atoms with Gasteiger partial charge in [0, 0.05) is 16.3 Å². The maximum atomic E-state index is 8.63. The molecule has 0 unspecified atom stereocenters. The number of nitrogens with zero attached hydrogens (tertiary/aromatic N) is 1. The smallest absolute Gasteiger partial charge is 0.203 e. The van der Waals surface area contributed by atoms with E-state index in [-0.39, 0.29) is 0 Å². The zero-order valence-electron chi connectivity index (χ0n) is 9.91. The predicted octanol–water partition coefficient (Wildman–Crippen LogP) is 3.12. The van der Waals surface area contributed by atoms with Gasteiger partial charge >= 0.3 is 0 Å². The average Bonchev–Trinajstić information content (AvgIpc) is 2.87. The minimum absolute atomic E-state index is 0.365. The lowest BCUT2D eigenvalue weighted by atomic mass is 10.3. The summed E-state index contributed by atoms with van der Waals surface area (Å²) in [6.45, 7) is 5.75. The van der Waals surface area contributed by atoms with Crippen molar-refractivity contribution in [1.29, 1.82) is 5.26 Å². The molecule has 17 heavy (non-hydrogen) atoms. The molecule has 88 valence electrons. The van der Waals surface area contributed by atoms with Crippen LogP contribution < -0.4 is 5.32 Å². The molecule has 2 aromatic heterocycles. The van der Waals surface area contributed by atoms with E-state index in [0.717, 1.165) is 12.3 Å². The second-order valence-corrected chi connectivity index (χ2v) is 5.27. The molecular formula is C13H14N2OS. The fourth-order valence-corrected chi connectivity index (χ4v) is 2.60. The van der Waals surface area contributed by atoms with E-state index in [1.54, 1.807) is 6.07 Å². The second-order valence-electron chi connectivity index (χ2n) is 3.93. The van der Waals surface area contributed by atoms with Crippen LogP contribution >= 0.6 is 11.3 Å². The van der Waals surface area contributed by atoms with Gasteiger partial charge in [0.05, 0.1) is 6.54 Å². The third kappa shape index (κ3) is 2.96. The molecule has 0 aromatic carbocycles. The van der Waals surface area contributed by atoms with Gasteiger partial charge in [0.1, 0.15) is 11.8 Å². The van der Waals surface area contributed by atoms with Crippen molar-refractivity contribution in [3.63, 3.8) is 0 Å². The number of furan rings is 1. The third-order valence-corrected chi connectivity index (χ3v) is 3.74. The topological polar surface area (TPSA) is 49.0 Å². The van der Waals surface area contributed by atoms with Gasteiger partial charge < -0.3 is 9.73 Å². The molecule has 1 N–H and O–H groups in total. The number of thiophene rings is 1. The highest BCUT2D eigenvalue weighted by atomic mass is 32.1. The zero-order chi connectivity index (χ0) is 12.3. The van der Waals surface area contributed by atoms with Crippen LogP contribution in [0.15, 0.2) is 22.6 Å². The van der Waals surface area contributed by atoms with Crippen molar-refractivity contribution in [3.8, 4) is 6.07 Å². The highest BCUT2D eigenvalue weighted by Crippen LogP contribution is 2.20. The number of aryl methyl sites for hydroxylation is 2. The van der Waals surface area contributed by atoms with Gasteiger partial charge in [-0.15, -0.1) is 11.3 Å². The number of nitriles is 1. The van der Waals surface area contributed by atoms with Gasteiger partial charge in [-0.1, -0.05) is 0 Å². The van der Waals surface area contributed by atoms with E-state index < -0.39 is 0 Å². The summed E-state index contributed by atoms with van der Waals surface area (Å²) in [6.07, 6.45) is 0. The molecule has 2 rings (SSSR count). The molecule has 0 fully saturated rings. The van der Waals surface area contributed by atoms with E-state index in [1.165, 1.54) is 15.3 Å². The first kappa shape index (κ1) is 11.9. The van der Waals surface area contributed by atoms with Crippen LogP contribution in [0.2, 0.25) is 0 Å². The van der Waals surface area contributed by atoms with E-state index in [2.05, 4.69) is 25.2 Å². The molecule has 0 spiro atoms. The zero-order valence-corrected chi connectivity index (χ0v) is 10.7. The normalized spacial score (nSPS) is 10.4. The molecule has 0 saturated heterocycles. The van der Waals surface area contributed by atoms with Gasteiger partial charge in [0.15, 0.2) is 0 Å². The Balaban J connectivity index is 1.85. The average molecular weight is 246 g/mol. The molecule has 0 radical (unpaired) electrons. The summed E-state index contributed by atoms with van der Waals surface area (Å²) >= 11 is 1.81. The van der Waals surface area contributed by atoms with Crippen LogP contribution in [-0.4, -0.2) is 0 Å². The minimum Gasteiger partial charge on any atom is -0.449 e. The Kier molecular flexibility index (Phi) is 3.62. The Morgan fingerprint density at radius 1 is 1.35 bits per heavy atom. The van der Waals surface area contributed by atoms with Crippen LogP contribution in [0.3, 0.4) is 0 Å². The summed E-state index contributed by atoms with van der Waals surface area (Å²) in [7, 11) is 0. The van der Waals surface area contributed by atoms with Gasteiger partial charge in [-0.2, -0.15) is 5.26 Å². The summed E-state index contributed by atoms with van der Waals surface area (Å²) in [4.78, 5) is 2.69. The highest BCUT2D eigenvalue weighted by Gasteiger charge is 2.03. The van der Waals surface area contributed by atoms with Crippen LogP contribution in [0.25, 0.3) is 0 Å². The van der Waals surface area contributed by atoms with Gasteiger partial charge in [-0.3, -0.25) is 0 Å². The van der Waals surface area contributed by atoms with Crippen LogP contribution in [-0.2, 0) is 13.1 Å². The largest absolute Gasteiger partial charge is 0.449 e. The van der Waals surface area contributed by atoms with Crippen molar-refractivity contribution in [3.05, 3.63) is 45.0 Å². The Hall–Kier alpha value is -1.57. The summed E-state index contributed by atoms with van der Waals surface area (Å²) < 4.78 is 5.28. The molecule has 0 aliphatic heterocycles. The van der Waals surface area contributed by atoms with Crippen molar-refractivity contribution >= 4 is 11.3 Å². The van der Waals surface area contributed by atoms with Gasteiger partial charge in [0.25, 0.3) is 0 Å². The van der Waals surface area contributed by atoms with Crippen molar-refractivity contribution in [2.45, 2.75) is 26.9 Å². The van der Waals surface area contributed by atoms with Crippen LogP contribution in [0.1, 0.15) is 26.8 Å². The summed E-state index contributed by atoms with van der Waals surface area (Å²) in [5.41, 5.74) is 1.34. The number of hydrogen-bond donors (Lipinski definition) is 1. The molecule has 0 bridgehead atoms. The van der Waals surface area contributed by atoms with E-state index in [9.17, 15) is 0 Å². The van der Waals surface area contributed by atoms with Crippen LogP contribution in [0.5, 0.6) is 0 Å². The molecule has 0 atom stereocenters. The van der Waals surface area contributed by atoms with Gasteiger partial charge in [-0.05, 0) is 37.6 Å². The third-order valence-electron chi connectivity index (χ3n) is 2.59. The van der Waals surface area contributed by atoms with E-state index in [1.807, 2.05) is 23.5 Å². The van der Waals surface area contributed by atoms with Crippen molar-refractivity contribution in [2.75, 3.05) is 0 Å². The van der Waals surface area contributed by atoms with Gasteiger partial charge in [0.2, 0.25) is 5.76 Å². The Morgan fingerprint density at radius 3 is 2.76 bits per heavy atom. The molecule has 3 nitrogen and oxygen atoms in total. The molecule has 0 amide bonds. The Morgan fingerprint density at radius 2 is 2.18 bits per heavy atom. The van der Waals surface area contributed by atoms with E-state index in [0.29, 0.717) is 12.3 Å². The Labute approximate surface area is 105 Å². The molecular weight excluding hydrogens is 232 g/mol. The summed E-state index contributed by atoms with van der Waals surface area (Å²) in [5, 5.41) is 11.9.